The second-order valence-electron chi connectivity index (χ2n) is 9.02. The number of nitrogens with one attached hydrogen (secondary N) is 1. The molecule has 2 aromatic carbocycles. The van der Waals surface area contributed by atoms with Gasteiger partial charge in [0, 0.05) is 19.1 Å². The minimum absolute atomic E-state index is 0.0490. The Morgan fingerprint density at radius 2 is 1.81 bits per heavy atom. The molecule has 2 unspecified atom stereocenters. The van der Waals surface area contributed by atoms with Crippen molar-refractivity contribution in [2.24, 2.45) is 5.92 Å². The maximum Gasteiger partial charge on any atom is 0.243 e. The standard InChI is InChI=1S/C24H31FN2O3S/c1-18(16-24(2,3)20-9-5-4-6-10-20)26-23(28)19-8-7-15-27(17-19)31(29,30)22-13-11-21(25)12-14-22/h4-6,9-14,18-19H,7-8,15-17H2,1-3H3,(H,26,28). The number of carbonyl (C=O) groups excluding carboxylic acids is 1. The van der Waals surface area contributed by atoms with Crippen LogP contribution in [0.3, 0.4) is 0 Å². The molecule has 0 spiro atoms. The first kappa shape index (κ1) is 23.4. The number of hydrogen-bond acceptors (Lipinski definition) is 3. The van der Waals surface area contributed by atoms with E-state index in [0.29, 0.717) is 19.4 Å². The molecule has 1 fully saturated rings. The molecule has 1 amide bonds. The van der Waals surface area contributed by atoms with Gasteiger partial charge in [-0.05, 0) is 61.4 Å². The van der Waals surface area contributed by atoms with Crippen LogP contribution < -0.4 is 5.32 Å². The van der Waals surface area contributed by atoms with Gasteiger partial charge in [0.05, 0.1) is 10.8 Å². The van der Waals surface area contributed by atoms with Gasteiger partial charge >= 0.3 is 0 Å². The van der Waals surface area contributed by atoms with Gasteiger partial charge in [0.1, 0.15) is 5.82 Å². The van der Waals surface area contributed by atoms with Crippen LogP contribution in [0.5, 0.6) is 0 Å². The van der Waals surface area contributed by atoms with Crippen molar-refractivity contribution in [2.75, 3.05) is 13.1 Å². The van der Waals surface area contributed by atoms with Crippen LogP contribution in [0.25, 0.3) is 0 Å². The Hall–Kier alpha value is -2.25. The second kappa shape index (κ2) is 9.49. The summed E-state index contributed by atoms with van der Waals surface area (Å²) in [5.41, 5.74) is 1.11. The zero-order valence-corrected chi connectivity index (χ0v) is 19.2. The Labute approximate surface area is 184 Å². The van der Waals surface area contributed by atoms with E-state index < -0.39 is 21.8 Å². The number of amides is 1. The van der Waals surface area contributed by atoms with Crippen molar-refractivity contribution in [2.45, 2.75) is 56.4 Å². The van der Waals surface area contributed by atoms with Crippen LogP contribution in [-0.2, 0) is 20.2 Å². The molecule has 0 radical (unpaired) electrons. The maximum atomic E-state index is 13.2. The molecule has 31 heavy (non-hydrogen) atoms. The fourth-order valence-electron chi connectivity index (χ4n) is 4.31. The van der Waals surface area contributed by atoms with Crippen molar-refractivity contribution in [3.8, 4) is 0 Å². The van der Waals surface area contributed by atoms with E-state index in [1.54, 1.807) is 0 Å². The molecule has 5 nitrogen and oxygen atoms in total. The fourth-order valence-corrected chi connectivity index (χ4v) is 5.84. The Bertz CT molecular complexity index is 991. The molecule has 1 aliphatic rings. The van der Waals surface area contributed by atoms with E-state index in [0.717, 1.165) is 18.6 Å². The summed E-state index contributed by atoms with van der Waals surface area (Å²) in [5.74, 6) is -0.996. The molecule has 1 saturated heterocycles. The smallest absolute Gasteiger partial charge is 0.243 e. The summed E-state index contributed by atoms with van der Waals surface area (Å²) < 4.78 is 40.3. The highest BCUT2D eigenvalue weighted by Gasteiger charge is 2.34. The average Bonchev–Trinajstić information content (AvgIpc) is 2.74. The van der Waals surface area contributed by atoms with E-state index in [4.69, 9.17) is 0 Å². The molecule has 168 valence electrons. The SMILES string of the molecule is CC(CC(C)(C)c1ccccc1)NC(=O)C1CCCN(S(=O)(=O)c2ccc(F)cc2)C1. The molecular weight excluding hydrogens is 415 g/mol. The molecule has 0 bridgehead atoms. The number of halogens is 1. The van der Waals surface area contributed by atoms with Gasteiger partial charge < -0.3 is 5.32 Å². The third-order valence-corrected chi connectivity index (χ3v) is 7.85. The molecule has 1 N–H and O–H groups in total. The van der Waals surface area contributed by atoms with Crippen LogP contribution in [0.4, 0.5) is 4.39 Å². The molecule has 0 aliphatic carbocycles. The minimum Gasteiger partial charge on any atom is -0.353 e. The summed E-state index contributed by atoms with van der Waals surface area (Å²) in [6.07, 6.45) is 2.03. The van der Waals surface area contributed by atoms with Crippen molar-refractivity contribution < 1.29 is 17.6 Å². The van der Waals surface area contributed by atoms with Crippen molar-refractivity contribution in [3.63, 3.8) is 0 Å². The molecular formula is C24H31FN2O3S. The summed E-state index contributed by atoms with van der Waals surface area (Å²) in [4.78, 5) is 13.0. The summed E-state index contributed by atoms with van der Waals surface area (Å²) in [5, 5.41) is 3.08. The van der Waals surface area contributed by atoms with Crippen LogP contribution in [0.1, 0.15) is 45.6 Å². The van der Waals surface area contributed by atoms with Gasteiger partial charge in [-0.3, -0.25) is 4.79 Å². The Balaban J connectivity index is 1.62. The number of hydrogen-bond donors (Lipinski definition) is 1. The van der Waals surface area contributed by atoms with Crippen molar-refractivity contribution in [3.05, 3.63) is 66.0 Å². The summed E-state index contributed by atoms with van der Waals surface area (Å²) in [6.45, 7) is 6.80. The van der Waals surface area contributed by atoms with Crippen LogP contribution >= 0.6 is 0 Å². The lowest BCUT2D eigenvalue weighted by molar-refractivity contribution is -0.126. The van der Waals surface area contributed by atoms with Gasteiger partial charge in [0.2, 0.25) is 15.9 Å². The molecule has 2 aromatic rings. The Morgan fingerprint density at radius 1 is 1.16 bits per heavy atom. The van der Waals surface area contributed by atoms with E-state index in [2.05, 4.69) is 31.3 Å². The van der Waals surface area contributed by atoms with Crippen LogP contribution in [0, 0.1) is 11.7 Å². The normalized spacial score (nSPS) is 19.0. The number of sulfonamides is 1. The van der Waals surface area contributed by atoms with E-state index >= 15 is 0 Å². The fraction of sp³-hybridized carbons (Fsp3) is 0.458. The van der Waals surface area contributed by atoms with Gasteiger partial charge in [-0.2, -0.15) is 4.31 Å². The highest BCUT2D eigenvalue weighted by molar-refractivity contribution is 7.89. The van der Waals surface area contributed by atoms with Crippen molar-refractivity contribution >= 4 is 15.9 Å². The van der Waals surface area contributed by atoms with E-state index in [-0.39, 0.29) is 28.8 Å². The Morgan fingerprint density at radius 3 is 2.45 bits per heavy atom. The topological polar surface area (TPSA) is 66.5 Å². The summed E-state index contributed by atoms with van der Waals surface area (Å²) >= 11 is 0. The molecule has 1 aliphatic heterocycles. The number of rotatable bonds is 7. The molecule has 0 aromatic heterocycles. The Kier molecular flexibility index (Phi) is 7.17. The van der Waals surface area contributed by atoms with E-state index in [1.165, 1.54) is 22.0 Å². The molecule has 7 heteroatoms. The number of nitrogens with zero attached hydrogens (tertiary/aromatic N) is 1. The van der Waals surface area contributed by atoms with Crippen LogP contribution in [0.15, 0.2) is 59.5 Å². The maximum absolute atomic E-state index is 13.2. The van der Waals surface area contributed by atoms with E-state index in [9.17, 15) is 17.6 Å². The zero-order chi connectivity index (χ0) is 22.6. The first-order chi connectivity index (χ1) is 14.6. The quantitative estimate of drug-likeness (QED) is 0.696. The monoisotopic (exact) mass is 446 g/mol. The lowest BCUT2D eigenvalue weighted by atomic mass is 9.79. The van der Waals surface area contributed by atoms with Crippen LogP contribution in [-0.4, -0.2) is 37.8 Å². The van der Waals surface area contributed by atoms with E-state index in [1.807, 2.05) is 25.1 Å². The number of piperidine rings is 1. The van der Waals surface area contributed by atoms with Gasteiger partial charge in [-0.1, -0.05) is 44.2 Å². The molecule has 0 saturated carbocycles. The predicted octanol–water partition coefficient (Wildman–Crippen LogP) is 4.10. The first-order valence-electron chi connectivity index (χ1n) is 10.7. The lowest BCUT2D eigenvalue weighted by Crippen LogP contribution is -2.47. The largest absolute Gasteiger partial charge is 0.353 e. The molecule has 3 rings (SSSR count). The predicted molar refractivity (Wildman–Crippen MR) is 120 cm³/mol. The van der Waals surface area contributed by atoms with Crippen LogP contribution in [0.2, 0.25) is 0 Å². The third-order valence-electron chi connectivity index (χ3n) is 5.97. The third kappa shape index (κ3) is 5.71. The minimum atomic E-state index is -3.75. The molecule has 2 atom stereocenters. The van der Waals surface area contributed by atoms with Gasteiger partial charge in [0.15, 0.2) is 0 Å². The van der Waals surface area contributed by atoms with Gasteiger partial charge in [0.25, 0.3) is 0 Å². The zero-order valence-electron chi connectivity index (χ0n) is 18.3. The summed E-state index contributed by atoms with van der Waals surface area (Å²) in [6, 6.07) is 14.9. The van der Waals surface area contributed by atoms with Crippen molar-refractivity contribution in [1.29, 1.82) is 0 Å². The first-order valence-corrected chi connectivity index (χ1v) is 12.2. The highest BCUT2D eigenvalue weighted by atomic mass is 32.2. The highest BCUT2D eigenvalue weighted by Crippen LogP contribution is 2.29. The number of benzene rings is 2. The summed E-state index contributed by atoms with van der Waals surface area (Å²) in [7, 11) is -3.75. The number of carbonyl (C=O) groups is 1. The van der Waals surface area contributed by atoms with Crippen molar-refractivity contribution in [1.82, 2.24) is 9.62 Å². The second-order valence-corrected chi connectivity index (χ2v) is 11.0. The van der Waals surface area contributed by atoms with Gasteiger partial charge in [-0.25, -0.2) is 12.8 Å². The lowest BCUT2D eigenvalue weighted by Gasteiger charge is -2.33. The molecule has 1 heterocycles. The average molecular weight is 447 g/mol. The van der Waals surface area contributed by atoms with Gasteiger partial charge in [-0.15, -0.1) is 0 Å².